The van der Waals surface area contributed by atoms with E-state index in [2.05, 4.69) is 4.98 Å². The van der Waals surface area contributed by atoms with E-state index in [4.69, 9.17) is 4.74 Å². The third-order valence-electron chi connectivity index (χ3n) is 2.76. The number of carbonyl (C=O) groups is 2. The molecule has 0 fully saturated rings. The van der Waals surface area contributed by atoms with E-state index in [1.165, 1.54) is 0 Å². The molecule has 0 amide bonds. The lowest BCUT2D eigenvalue weighted by Gasteiger charge is -2.05. The Labute approximate surface area is 111 Å². The summed E-state index contributed by atoms with van der Waals surface area (Å²) in [7, 11) is 0. The van der Waals surface area contributed by atoms with Crippen molar-refractivity contribution in [2.24, 2.45) is 0 Å². The summed E-state index contributed by atoms with van der Waals surface area (Å²) in [5.74, 6) is -0.778. The van der Waals surface area contributed by atoms with Gasteiger partial charge in [-0.05, 0) is 19.1 Å². The molecule has 0 atom stereocenters. The van der Waals surface area contributed by atoms with E-state index in [1.807, 2.05) is 0 Å². The predicted octanol–water partition coefficient (Wildman–Crippen LogP) is 3.18. The summed E-state index contributed by atoms with van der Waals surface area (Å²) in [5, 5.41) is 0.246. The first-order valence-corrected chi connectivity index (χ1v) is 5.73. The van der Waals surface area contributed by atoms with Crippen LogP contribution >= 0.6 is 0 Å². The highest BCUT2D eigenvalue weighted by Crippen LogP contribution is 2.32. The molecule has 20 heavy (non-hydrogen) atoms. The number of aromatic nitrogens is 1. The van der Waals surface area contributed by atoms with Crippen molar-refractivity contribution in [1.82, 2.24) is 4.98 Å². The molecule has 0 aliphatic rings. The van der Waals surface area contributed by atoms with Crippen molar-refractivity contribution < 1.29 is 27.5 Å². The molecular formula is C13H10F3NO3. The number of H-pyrrole nitrogens is 1. The zero-order chi connectivity index (χ0) is 14.9. The molecule has 1 N–H and O–H groups in total. The van der Waals surface area contributed by atoms with E-state index in [9.17, 15) is 22.8 Å². The fourth-order valence-corrected chi connectivity index (χ4v) is 1.88. The summed E-state index contributed by atoms with van der Waals surface area (Å²) >= 11 is 0. The first-order chi connectivity index (χ1) is 9.38. The molecule has 4 nitrogen and oxygen atoms in total. The van der Waals surface area contributed by atoms with Gasteiger partial charge in [0, 0.05) is 10.9 Å². The van der Waals surface area contributed by atoms with Crippen LogP contribution in [0.25, 0.3) is 10.9 Å². The van der Waals surface area contributed by atoms with Crippen LogP contribution in [0.15, 0.2) is 18.2 Å². The lowest BCUT2D eigenvalue weighted by atomic mass is 10.1. The molecule has 1 aromatic carbocycles. The first kappa shape index (κ1) is 14.1. The molecule has 0 radical (unpaired) electrons. The summed E-state index contributed by atoms with van der Waals surface area (Å²) in [5.41, 5.74) is -0.951. The highest BCUT2D eigenvalue weighted by atomic mass is 19.4. The van der Waals surface area contributed by atoms with Crippen molar-refractivity contribution in [3.05, 3.63) is 35.0 Å². The number of aldehydes is 1. The van der Waals surface area contributed by atoms with Gasteiger partial charge in [0.1, 0.15) is 5.69 Å². The van der Waals surface area contributed by atoms with Crippen LogP contribution in [0.5, 0.6) is 0 Å². The lowest BCUT2D eigenvalue weighted by molar-refractivity contribution is -0.137. The van der Waals surface area contributed by atoms with Gasteiger partial charge >= 0.3 is 12.1 Å². The largest absolute Gasteiger partial charge is 0.461 e. The van der Waals surface area contributed by atoms with Gasteiger partial charge in [0.15, 0.2) is 6.29 Å². The van der Waals surface area contributed by atoms with Crippen molar-refractivity contribution in [2.45, 2.75) is 13.1 Å². The second-order valence-corrected chi connectivity index (χ2v) is 4.01. The van der Waals surface area contributed by atoms with E-state index in [0.717, 1.165) is 18.2 Å². The Morgan fingerprint density at radius 1 is 1.40 bits per heavy atom. The first-order valence-electron chi connectivity index (χ1n) is 5.73. The Morgan fingerprint density at radius 3 is 2.65 bits per heavy atom. The number of carbonyl (C=O) groups excluding carboxylic acids is 2. The van der Waals surface area contributed by atoms with Crippen LogP contribution in [-0.4, -0.2) is 23.8 Å². The number of hydrogen-bond acceptors (Lipinski definition) is 3. The zero-order valence-electron chi connectivity index (χ0n) is 10.4. The third-order valence-corrected chi connectivity index (χ3v) is 2.76. The van der Waals surface area contributed by atoms with Gasteiger partial charge in [0.2, 0.25) is 0 Å². The molecule has 0 aliphatic heterocycles. The third kappa shape index (κ3) is 2.38. The molecule has 0 unspecified atom stereocenters. The second kappa shape index (κ2) is 4.99. The smallest absolute Gasteiger partial charge is 0.416 e. The van der Waals surface area contributed by atoms with Crippen LogP contribution < -0.4 is 0 Å². The van der Waals surface area contributed by atoms with Crippen molar-refractivity contribution in [3.8, 4) is 0 Å². The highest BCUT2D eigenvalue weighted by molar-refractivity contribution is 6.08. The number of alkyl halides is 3. The average molecular weight is 285 g/mol. The van der Waals surface area contributed by atoms with Crippen LogP contribution in [0.1, 0.15) is 33.3 Å². The van der Waals surface area contributed by atoms with Gasteiger partial charge in [-0.1, -0.05) is 6.07 Å². The maximum atomic E-state index is 12.6. The number of rotatable bonds is 3. The summed E-state index contributed by atoms with van der Waals surface area (Å²) in [6.07, 6.45) is -4.08. The number of hydrogen-bond donors (Lipinski definition) is 1. The minimum Gasteiger partial charge on any atom is -0.461 e. The molecule has 1 aromatic heterocycles. The summed E-state index contributed by atoms with van der Waals surface area (Å²) in [6.45, 7) is 1.68. The SMILES string of the molecule is CCOC(=O)c1[nH]c2cc(C(F)(F)F)ccc2c1C=O. The number of nitrogens with one attached hydrogen (secondary N) is 1. The van der Waals surface area contributed by atoms with Crippen molar-refractivity contribution in [1.29, 1.82) is 0 Å². The molecule has 2 aromatic rings. The summed E-state index contributed by atoms with van der Waals surface area (Å²) in [4.78, 5) is 25.2. The Kier molecular flexibility index (Phi) is 3.52. The highest BCUT2D eigenvalue weighted by Gasteiger charge is 2.31. The lowest BCUT2D eigenvalue weighted by Crippen LogP contribution is -2.07. The van der Waals surface area contributed by atoms with Gasteiger partial charge in [0.25, 0.3) is 0 Å². The van der Waals surface area contributed by atoms with Crippen LogP contribution in [0.3, 0.4) is 0 Å². The summed E-state index contributed by atoms with van der Waals surface area (Å²) < 4.78 is 42.6. The molecule has 2 rings (SSSR count). The average Bonchev–Trinajstić information content (AvgIpc) is 2.75. The van der Waals surface area contributed by atoms with E-state index in [0.29, 0.717) is 6.29 Å². The molecule has 1 heterocycles. The molecule has 0 saturated carbocycles. The molecule has 106 valence electrons. The van der Waals surface area contributed by atoms with Gasteiger partial charge < -0.3 is 9.72 Å². The Hall–Kier alpha value is -2.31. The molecular weight excluding hydrogens is 275 g/mol. The van der Waals surface area contributed by atoms with E-state index in [1.54, 1.807) is 6.92 Å². The number of halogens is 3. The van der Waals surface area contributed by atoms with Gasteiger partial charge in [-0.3, -0.25) is 4.79 Å². The van der Waals surface area contributed by atoms with Crippen LogP contribution in [-0.2, 0) is 10.9 Å². The van der Waals surface area contributed by atoms with Crippen LogP contribution in [0.4, 0.5) is 13.2 Å². The minimum absolute atomic E-state index is 0.00725. The standard InChI is InChI=1S/C13H10F3NO3/c1-2-20-12(19)11-9(6-18)8-4-3-7(13(14,15)16)5-10(8)17-11/h3-6,17H,2H2,1H3. The Morgan fingerprint density at radius 2 is 2.10 bits per heavy atom. The van der Waals surface area contributed by atoms with Crippen LogP contribution in [0, 0.1) is 0 Å². The summed E-state index contributed by atoms with van der Waals surface area (Å²) in [6, 6.07) is 2.87. The second-order valence-electron chi connectivity index (χ2n) is 4.01. The maximum absolute atomic E-state index is 12.6. The van der Waals surface area contributed by atoms with Gasteiger partial charge in [-0.15, -0.1) is 0 Å². The van der Waals surface area contributed by atoms with Gasteiger partial charge in [-0.25, -0.2) is 4.79 Å². The van der Waals surface area contributed by atoms with E-state index >= 15 is 0 Å². The van der Waals surface area contributed by atoms with E-state index in [-0.39, 0.29) is 28.8 Å². The quantitative estimate of drug-likeness (QED) is 0.696. The molecule has 7 heteroatoms. The van der Waals surface area contributed by atoms with Crippen molar-refractivity contribution in [2.75, 3.05) is 6.61 Å². The number of esters is 1. The van der Waals surface area contributed by atoms with Crippen LogP contribution in [0.2, 0.25) is 0 Å². The molecule has 0 bridgehead atoms. The van der Waals surface area contributed by atoms with E-state index < -0.39 is 17.7 Å². The predicted molar refractivity (Wildman–Crippen MR) is 64.6 cm³/mol. The molecule has 0 saturated heterocycles. The fraction of sp³-hybridized carbons (Fsp3) is 0.231. The van der Waals surface area contributed by atoms with Gasteiger partial charge in [-0.2, -0.15) is 13.2 Å². The number of fused-ring (bicyclic) bond motifs is 1. The van der Waals surface area contributed by atoms with Crippen molar-refractivity contribution >= 4 is 23.2 Å². The zero-order valence-corrected chi connectivity index (χ0v) is 10.4. The Balaban J connectivity index is 2.62. The molecule has 0 spiro atoms. The number of ether oxygens (including phenoxy) is 1. The Bertz CT molecular complexity index is 673. The number of aromatic amines is 1. The minimum atomic E-state index is -4.50. The van der Waals surface area contributed by atoms with Crippen molar-refractivity contribution in [3.63, 3.8) is 0 Å². The fourth-order valence-electron chi connectivity index (χ4n) is 1.88. The number of benzene rings is 1. The maximum Gasteiger partial charge on any atom is 0.416 e. The monoisotopic (exact) mass is 285 g/mol. The van der Waals surface area contributed by atoms with Gasteiger partial charge in [0.05, 0.1) is 17.7 Å². The normalized spacial score (nSPS) is 11.6. The topological polar surface area (TPSA) is 59.2 Å². The molecule has 0 aliphatic carbocycles.